The zero-order chi connectivity index (χ0) is 11.4. The standard InChI is InChI=1S/C12H11NO2S/c14-12(15)11-4-2-1-3-9(11)7-13-10-5-6-16-8-10/h1-6,8,13H,7H2,(H,14,15). The molecule has 0 fully saturated rings. The molecular weight excluding hydrogens is 222 g/mol. The third kappa shape index (κ3) is 2.41. The van der Waals surface area contributed by atoms with E-state index >= 15 is 0 Å². The van der Waals surface area contributed by atoms with E-state index in [-0.39, 0.29) is 0 Å². The number of anilines is 1. The molecule has 2 aromatic rings. The monoisotopic (exact) mass is 233 g/mol. The molecule has 1 heterocycles. The molecule has 0 aliphatic heterocycles. The molecule has 82 valence electrons. The summed E-state index contributed by atoms with van der Waals surface area (Å²) < 4.78 is 0. The molecule has 16 heavy (non-hydrogen) atoms. The van der Waals surface area contributed by atoms with Crippen LogP contribution in [-0.4, -0.2) is 11.1 Å². The summed E-state index contributed by atoms with van der Waals surface area (Å²) >= 11 is 1.61. The fourth-order valence-corrected chi connectivity index (χ4v) is 2.06. The highest BCUT2D eigenvalue weighted by Gasteiger charge is 2.08. The lowest BCUT2D eigenvalue weighted by Gasteiger charge is -2.07. The van der Waals surface area contributed by atoms with Crippen molar-refractivity contribution in [3.8, 4) is 0 Å². The highest BCUT2D eigenvalue weighted by atomic mass is 32.1. The van der Waals surface area contributed by atoms with Crippen molar-refractivity contribution in [3.05, 3.63) is 52.2 Å². The van der Waals surface area contributed by atoms with Crippen LogP contribution in [0.2, 0.25) is 0 Å². The normalized spacial score (nSPS) is 10.0. The van der Waals surface area contributed by atoms with Gasteiger partial charge in [0.25, 0.3) is 0 Å². The Labute approximate surface area is 97.4 Å². The van der Waals surface area contributed by atoms with Crippen LogP contribution in [0.3, 0.4) is 0 Å². The third-order valence-electron chi connectivity index (χ3n) is 2.25. The van der Waals surface area contributed by atoms with Crippen LogP contribution in [0, 0.1) is 0 Å². The molecule has 0 bridgehead atoms. The van der Waals surface area contributed by atoms with Crippen LogP contribution in [0.15, 0.2) is 41.1 Å². The minimum absolute atomic E-state index is 0.352. The van der Waals surface area contributed by atoms with Gasteiger partial charge < -0.3 is 10.4 Å². The van der Waals surface area contributed by atoms with Crippen molar-refractivity contribution >= 4 is 23.0 Å². The van der Waals surface area contributed by atoms with Gasteiger partial charge >= 0.3 is 5.97 Å². The van der Waals surface area contributed by atoms with E-state index in [9.17, 15) is 4.79 Å². The molecular formula is C12H11NO2S. The van der Waals surface area contributed by atoms with Crippen LogP contribution in [-0.2, 0) is 6.54 Å². The Bertz CT molecular complexity index is 480. The predicted molar refractivity (Wildman–Crippen MR) is 65.0 cm³/mol. The van der Waals surface area contributed by atoms with E-state index in [0.29, 0.717) is 12.1 Å². The number of nitrogens with one attached hydrogen (secondary N) is 1. The molecule has 3 nitrogen and oxygen atoms in total. The van der Waals surface area contributed by atoms with Gasteiger partial charge in [-0.15, -0.1) is 0 Å². The van der Waals surface area contributed by atoms with Crippen molar-refractivity contribution in [2.75, 3.05) is 5.32 Å². The highest BCUT2D eigenvalue weighted by Crippen LogP contribution is 2.15. The van der Waals surface area contributed by atoms with Crippen LogP contribution >= 0.6 is 11.3 Å². The second-order valence-electron chi connectivity index (χ2n) is 3.33. The molecule has 0 saturated carbocycles. The molecule has 0 radical (unpaired) electrons. The number of carboxylic acid groups (broad SMARTS) is 1. The Balaban J connectivity index is 2.12. The highest BCUT2D eigenvalue weighted by molar-refractivity contribution is 7.08. The number of hydrogen-bond acceptors (Lipinski definition) is 3. The molecule has 0 amide bonds. The quantitative estimate of drug-likeness (QED) is 0.853. The summed E-state index contributed by atoms with van der Waals surface area (Å²) in [5.74, 6) is -0.886. The Morgan fingerprint density at radius 3 is 2.81 bits per heavy atom. The van der Waals surface area contributed by atoms with Gasteiger partial charge in [-0.3, -0.25) is 0 Å². The molecule has 0 spiro atoms. The molecule has 1 aromatic carbocycles. The van der Waals surface area contributed by atoms with Gasteiger partial charge in [0.1, 0.15) is 0 Å². The number of benzene rings is 1. The first-order valence-corrected chi connectivity index (χ1v) is 5.79. The van der Waals surface area contributed by atoms with Crippen molar-refractivity contribution in [3.63, 3.8) is 0 Å². The first-order valence-electron chi connectivity index (χ1n) is 4.84. The lowest BCUT2D eigenvalue weighted by Crippen LogP contribution is -2.06. The van der Waals surface area contributed by atoms with Crippen molar-refractivity contribution in [2.24, 2.45) is 0 Å². The van der Waals surface area contributed by atoms with E-state index in [1.165, 1.54) is 0 Å². The lowest BCUT2D eigenvalue weighted by molar-refractivity contribution is 0.0696. The Hall–Kier alpha value is -1.81. The van der Waals surface area contributed by atoms with E-state index in [0.717, 1.165) is 11.3 Å². The molecule has 0 saturated heterocycles. The molecule has 0 unspecified atom stereocenters. The van der Waals surface area contributed by atoms with Gasteiger partial charge in [0.2, 0.25) is 0 Å². The maximum absolute atomic E-state index is 11.0. The third-order valence-corrected chi connectivity index (χ3v) is 2.94. The summed E-state index contributed by atoms with van der Waals surface area (Å²) in [5, 5.41) is 16.1. The fraction of sp³-hybridized carbons (Fsp3) is 0.0833. The summed E-state index contributed by atoms with van der Waals surface area (Å²) in [6, 6.07) is 8.98. The van der Waals surface area contributed by atoms with Crippen LogP contribution < -0.4 is 5.32 Å². The number of rotatable bonds is 4. The van der Waals surface area contributed by atoms with Gasteiger partial charge in [-0.05, 0) is 23.1 Å². The molecule has 0 aliphatic carbocycles. The SMILES string of the molecule is O=C(O)c1ccccc1CNc1ccsc1. The van der Waals surface area contributed by atoms with Crippen LogP contribution in [0.25, 0.3) is 0 Å². The molecule has 2 N–H and O–H groups in total. The summed E-state index contributed by atoms with van der Waals surface area (Å²) in [6.07, 6.45) is 0. The topological polar surface area (TPSA) is 49.3 Å². The number of hydrogen-bond donors (Lipinski definition) is 2. The van der Waals surface area contributed by atoms with Gasteiger partial charge in [0, 0.05) is 17.6 Å². The Morgan fingerprint density at radius 2 is 2.12 bits per heavy atom. The number of aromatic carboxylic acids is 1. The molecule has 4 heteroatoms. The zero-order valence-electron chi connectivity index (χ0n) is 8.51. The van der Waals surface area contributed by atoms with E-state index in [2.05, 4.69) is 5.32 Å². The maximum Gasteiger partial charge on any atom is 0.336 e. The fourth-order valence-electron chi connectivity index (χ4n) is 1.45. The average molecular weight is 233 g/mol. The summed E-state index contributed by atoms with van der Waals surface area (Å²) in [7, 11) is 0. The van der Waals surface area contributed by atoms with Crippen LogP contribution in [0.4, 0.5) is 5.69 Å². The molecule has 2 rings (SSSR count). The maximum atomic E-state index is 11.0. The van der Waals surface area contributed by atoms with E-state index in [1.54, 1.807) is 23.5 Å². The van der Waals surface area contributed by atoms with Gasteiger partial charge in [0.05, 0.1) is 5.56 Å². The minimum atomic E-state index is -0.886. The predicted octanol–water partition coefficient (Wildman–Crippen LogP) is 3.06. The Kier molecular flexibility index (Phi) is 3.22. The van der Waals surface area contributed by atoms with Crippen LogP contribution in [0.1, 0.15) is 15.9 Å². The van der Waals surface area contributed by atoms with Gasteiger partial charge in [-0.2, -0.15) is 11.3 Å². The first-order chi connectivity index (χ1) is 7.77. The molecule has 0 aliphatic rings. The van der Waals surface area contributed by atoms with Crippen molar-refractivity contribution in [1.29, 1.82) is 0 Å². The van der Waals surface area contributed by atoms with Crippen LogP contribution in [0.5, 0.6) is 0 Å². The van der Waals surface area contributed by atoms with Gasteiger partial charge in [0.15, 0.2) is 0 Å². The zero-order valence-corrected chi connectivity index (χ0v) is 9.33. The Morgan fingerprint density at radius 1 is 1.31 bits per heavy atom. The summed E-state index contributed by atoms with van der Waals surface area (Å²) in [4.78, 5) is 11.0. The average Bonchev–Trinajstić information content (AvgIpc) is 2.79. The van der Waals surface area contributed by atoms with Crippen molar-refractivity contribution < 1.29 is 9.90 Å². The lowest BCUT2D eigenvalue weighted by atomic mass is 10.1. The number of carboxylic acids is 1. The number of carbonyl (C=O) groups is 1. The second-order valence-corrected chi connectivity index (χ2v) is 4.11. The number of thiophene rings is 1. The summed E-state index contributed by atoms with van der Waals surface area (Å²) in [5.41, 5.74) is 2.16. The minimum Gasteiger partial charge on any atom is -0.478 e. The van der Waals surface area contributed by atoms with Crippen molar-refractivity contribution in [1.82, 2.24) is 0 Å². The largest absolute Gasteiger partial charge is 0.478 e. The molecule has 0 atom stereocenters. The summed E-state index contributed by atoms with van der Waals surface area (Å²) in [6.45, 7) is 0.527. The van der Waals surface area contributed by atoms with E-state index < -0.39 is 5.97 Å². The first kappa shape index (κ1) is 10.7. The smallest absolute Gasteiger partial charge is 0.336 e. The van der Waals surface area contributed by atoms with Gasteiger partial charge in [-0.25, -0.2) is 4.79 Å². The molecule has 1 aromatic heterocycles. The van der Waals surface area contributed by atoms with E-state index in [1.807, 2.05) is 29.0 Å². The second kappa shape index (κ2) is 4.81. The van der Waals surface area contributed by atoms with Crippen molar-refractivity contribution in [2.45, 2.75) is 6.54 Å². The van der Waals surface area contributed by atoms with E-state index in [4.69, 9.17) is 5.11 Å². The van der Waals surface area contributed by atoms with Gasteiger partial charge in [-0.1, -0.05) is 18.2 Å².